The number of benzene rings is 2. The summed E-state index contributed by atoms with van der Waals surface area (Å²) in [5.74, 6) is -0.320. The van der Waals surface area contributed by atoms with E-state index in [2.05, 4.69) is 30.6 Å². The van der Waals surface area contributed by atoms with Gasteiger partial charge in [-0.2, -0.15) is 5.10 Å². The number of rotatable bonds is 6. The van der Waals surface area contributed by atoms with Crippen LogP contribution in [0.2, 0.25) is 5.02 Å². The van der Waals surface area contributed by atoms with E-state index in [1.54, 1.807) is 6.21 Å². The number of aromatic nitrogens is 5. The van der Waals surface area contributed by atoms with E-state index < -0.39 is 0 Å². The predicted octanol–water partition coefficient (Wildman–Crippen LogP) is 2.06. The average molecular weight is 409 g/mol. The molecule has 4 rings (SSSR count). The summed E-state index contributed by atoms with van der Waals surface area (Å²) >= 11 is 5.97. The summed E-state index contributed by atoms with van der Waals surface area (Å²) in [6.45, 7) is 0.574. The highest BCUT2D eigenvalue weighted by Gasteiger charge is 2.09. The molecule has 0 atom stereocenters. The largest absolute Gasteiger partial charge is 0.367 e. The van der Waals surface area contributed by atoms with Gasteiger partial charge in [0, 0.05) is 34.2 Å². The summed E-state index contributed by atoms with van der Waals surface area (Å²) in [4.78, 5) is 12.0. The quantitative estimate of drug-likeness (QED) is 0.374. The molecule has 0 radical (unpaired) electrons. The van der Waals surface area contributed by atoms with Crippen LogP contribution in [0, 0.1) is 0 Å². The second kappa shape index (κ2) is 8.11. The Hall–Kier alpha value is -3.72. The van der Waals surface area contributed by atoms with Crippen LogP contribution in [0.1, 0.15) is 11.1 Å². The molecule has 0 saturated heterocycles. The number of fused-ring (bicyclic) bond motifs is 1. The minimum Gasteiger partial charge on any atom is -0.367 e. The van der Waals surface area contributed by atoms with Gasteiger partial charge in [0.1, 0.15) is 6.54 Å². The summed E-state index contributed by atoms with van der Waals surface area (Å²) in [5.41, 5.74) is 11.1. The molecule has 0 saturated carbocycles. The Morgan fingerprint density at radius 2 is 2.00 bits per heavy atom. The summed E-state index contributed by atoms with van der Waals surface area (Å²) in [6, 6.07) is 15.7. The molecule has 146 valence electrons. The second-order valence-corrected chi connectivity index (χ2v) is 6.78. The zero-order valence-electron chi connectivity index (χ0n) is 15.2. The summed E-state index contributed by atoms with van der Waals surface area (Å²) < 4.78 is 3.31. The van der Waals surface area contributed by atoms with Gasteiger partial charge in [0.05, 0.1) is 6.21 Å². The number of hydrogen-bond acceptors (Lipinski definition) is 6. The SMILES string of the molecule is Nc1nnnn1CC(=O)N/N=C/c1cn(Cc2ccc(Cl)cc2)c2ccccc12. The van der Waals surface area contributed by atoms with Gasteiger partial charge in [0.25, 0.3) is 5.91 Å². The molecule has 0 spiro atoms. The summed E-state index contributed by atoms with van der Waals surface area (Å²) in [5, 5.41) is 16.3. The maximum atomic E-state index is 12.0. The van der Waals surface area contributed by atoms with Crippen LogP contribution in [-0.4, -0.2) is 36.9 Å². The van der Waals surface area contributed by atoms with E-state index in [0.29, 0.717) is 11.6 Å². The standard InChI is InChI=1S/C19H17ClN8O/c20-15-7-5-13(6-8-15)10-27-11-14(16-3-1-2-4-17(16)27)9-22-23-18(29)12-28-19(21)24-25-26-28/h1-9,11H,10,12H2,(H,23,29)(H2,21,24,26)/b22-9+. The van der Waals surface area contributed by atoms with E-state index in [1.165, 1.54) is 4.68 Å². The normalized spacial score (nSPS) is 11.3. The van der Waals surface area contributed by atoms with Gasteiger partial charge in [-0.1, -0.05) is 47.0 Å². The number of anilines is 1. The molecule has 0 aliphatic rings. The number of hydrazone groups is 1. The fourth-order valence-electron chi connectivity index (χ4n) is 2.96. The molecule has 0 bridgehead atoms. The van der Waals surface area contributed by atoms with Crippen molar-refractivity contribution in [3.8, 4) is 0 Å². The number of amides is 1. The molecule has 2 aromatic heterocycles. The third kappa shape index (κ3) is 4.25. The van der Waals surface area contributed by atoms with Crippen LogP contribution < -0.4 is 11.2 Å². The third-order valence-electron chi connectivity index (χ3n) is 4.33. The molecule has 2 aromatic carbocycles. The smallest absolute Gasteiger partial charge is 0.261 e. The van der Waals surface area contributed by atoms with Crippen molar-refractivity contribution in [2.45, 2.75) is 13.1 Å². The van der Waals surface area contributed by atoms with Gasteiger partial charge >= 0.3 is 0 Å². The lowest BCUT2D eigenvalue weighted by Crippen LogP contribution is -2.24. The van der Waals surface area contributed by atoms with Crippen molar-refractivity contribution < 1.29 is 4.79 Å². The van der Waals surface area contributed by atoms with Crippen molar-refractivity contribution >= 4 is 40.6 Å². The Bertz CT molecular complexity index is 1180. The Morgan fingerprint density at radius 3 is 2.76 bits per heavy atom. The molecule has 0 unspecified atom stereocenters. The summed E-state index contributed by atoms with van der Waals surface area (Å²) in [6.07, 6.45) is 3.61. The van der Waals surface area contributed by atoms with Crippen LogP contribution in [0.15, 0.2) is 59.8 Å². The van der Waals surface area contributed by atoms with E-state index in [-0.39, 0.29) is 18.4 Å². The topological polar surface area (TPSA) is 116 Å². The number of carbonyl (C=O) groups excluding carboxylic acids is 1. The zero-order valence-corrected chi connectivity index (χ0v) is 16.0. The number of halogens is 1. The fraction of sp³-hybridized carbons (Fsp3) is 0.105. The van der Waals surface area contributed by atoms with E-state index in [9.17, 15) is 4.79 Å². The van der Waals surface area contributed by atoms with Crippen molar-refractivity contribution in [2.75, 3.05) is 5.73 Å². The van der Waals surface area contributed by atoms with Gasteiger partial charge in [0.15, 0.2) is 0 Å². The number of nitrogens with zero attached hydrogens (tertiary/aromatic N) is 6. The molecule has 9 nitrogen and oxygen atoms in total. The van der Waals surface area contributed by atoms with Crippen LogP contribution in [0.3, 0.4) is 0 Å². The lowest BCUT2D eigenvalue weighted by atomic mass is 10.2. The molecular weight excluding hydrogens is 392 g/mol. The van der Waals surface area contributed by atoms with Gasteiger partial charge in [-0.15, -0.1) is 0 Å². The van der Waals surface area contributed by atoms with Gasteiger partial charge in [0.2, 0.25) is 5.95 Å². The van der Waals surface area contributed by atoms with Crippen LogP contribution in [0.25, 0.3) is 10.9 Å². The van der Waals surface area contributed by atoms with E-state index >= 15 is 0 Å². The minimum absolute atomic E-state index is 0.0643. The monoisotopic (exact) mass is 408 g/mol. The van der Waals surface area contributed by atoms with Crippen LogP contribution in [0.4, 0.5) is 5.95 Å². The molecule has 0 aliphatic carbocycles. The number of para-hydroxylation sites is 1. The highest BCUT2D eigenvalue weighted by molar-refractivity contribution is 6.30. The van der Waals surface area contributed by atoms with Crippen molar-refractivity contribution in [1.82, 2.24) is 30.2 Å². The van der Waals surface area contributed by atoms with Gasteiger partial charge in [-0.05, 0) is 34.2 Å². The lowest BCUT2D eigenvalue weighted by molar-refractivity contribution is -0.121. The lowest BCUT2D eigenvalue weighted by Gasteiger charge is -2.05. The van der Waals surface area contributed by atoms with Crippen molar-refractivity contribution in [2.24, 2.45) is 5.10 Å². The highest BCUT2D eigenvalue weighted by atomic mass is 35.5. The van der Waals surface area contributed by atoms with Crippen LogP contribution in [-0.2, 0) is 17.9 Å². The first-order chi connectivity index (χ1) is 14.1. The Balaban J connectivity index is 1.51. The number of nitrogens with one attached hydrogen (secondary N) is 1. The molecule has 1 amide bonds. The average Bonchev–Trinajstić information content (AvgIpc) is 3.28. The van der Waals surface area contributed by atoms with Crippen LogP contribution in [0.5, 0.6) is 0 Å². The van der Waals surface area contributed by atoms with Crippen LogP contribution >= 0.6 is 11.6 Å². The molecule has 4 aromatic rings. The highest BCUT2D eigenvalue weighted by Crippen LogP contribution is 2.21. The third-order valence-corrected chi connectivity index (χ3v) is 4.58. The number of nitrogen functional groups attached to an aromatic ring is 1. The van der Waals surface area contributed by atoms with Crippen molar-refractivity contribution in [3.63, 3.8) is 0 Å². The first-order valence-electron chi connectivity index (χ1n) is 8.76. The first-order valence-corrected chi connectivity index (χ1v) is 9.14. The Morgan fingerprint density at radius 1 is 1.21 bits per heavy atom. The predicted molar refractivity (Wildman–Crippen MR) is 110 cm³/mol. The molecular formula is C19H17ClN8O. The molecule has 3 N–H and O–H groups in total. The number of carbonyl (C=O) groups is 1. The van der Waals surface area contributed by atoms with Crippen molar-refractivity contribution in [3.05, 3.63) is 70.9 Å². The van der Waals surface area contributed by atoms with E-state index in [0.717, 1.165) is 22.0 Å². The summed E-state index contributed by atoms with van der Waals surface area (Å²) in [7, 11) is 0. The maximum absolute atomic E-state index is 12.0. The minimum atomic E-state index is -0.384. The van der Waals surface area contributed by atoms with Gasteiger partial charge in [-0.25, -0.2) is 10.1 Å². The molecule has 0 fully saturated rings. The van der Waals surface area contributed by atoms with Gasteiger partial charge < -0.3 is 10.3 Å². The number of nitrogens with two attached hydrogens (primary N) is 1. The Kier molecular flexibility index (Phi) is 5.21. The maximum Gasteiger partial charge on any atom is 0.261 e. The molecule has 29 heavy (non-hydrogen) atoms. The molecule has 10 heteroatoms. The fourth-order valence-corrected chi connectivity index (χ4v) is 3.09. The molecule has 2 heterocycles. The number of tetrazole rings is 1. The first kappa shape index (κ1) is 18.6. The Labute approximate surface area is 170 Å². The van der Waals surface area contributed by atoms with Gasteiger partial charge in [-0.3, -0.25) is 4.79 Å². The van der Waals surface area contributed by atoms with E-state index in [4.69, 9.17) is 17.3 Å². The van der Waals surface area contributed by atoms with Crippen molar-refractivity contribution in [1.29, 1.82) is 0 Å². The molecule has 0 aliphatic heterocycles. The second-order valence-electron chi connectivity index (χ2n) is 6.34. The van der Waals surface area contributed by atoms with E-state index in [1.807, 2.05) is 54.7 Å². The zero-order chi connectivity index (χ0) is 20.2. The number of hydrogen-bond donors (Lipinski definition) is 2.